The number of ether oxygens (including phenoxy) is 2. The maximum Gasteiger partial charge on any atom is 0.344 e. The molecule has 33 heavy (non-hydrogen) atoms. The Hall–Kier alpha value is -2.13. The zero-order chi connectivity index (χ0) is 24.2. The number of nitrogens with zero attached hydrogens (tertiary/aromatic N) is 1. The molecular weight excluding hydrogens is 482 g/mol. The van der Waals surface area contributed by atoms with Crippen molar-refractivity contribution < 1.29 is 22.7 Å². The van der Waals surface area contributed by atoms with Gasteiger partial charge < -0.3 is 9.47 Å². The van der Waals surface area contributed by atoms with Crippen LogP contribution in [0.1, 0.15) is 30.0 Å². The highest BCUT2D eigenvalue weighted by Crippen LogP contribution is 2.36. The lowest BCUT2D eigenvalue weighted by atomic mass is 10.1. The minimum absolute atomic E-state index is 0.125. The molecule has 0 aliphatic carbocycles. The van der Waals surface area contributed by atoms with E-state index in [9.17, 15) is 13.2 Å². The summed E-state index contributed by atoms with van der Waals surface area (Å²) in [6, 6.07) is 11.2. The molecule has 1 heterocycles. The minimum atomic E-state index is -3.59. The number of benzene rings is 2. The van der Waals surface area contributed by atoms with Crippen LogP contribution in [0, 0.1) is 13.8 Å². The number of rotatable bonds is 10. The van der Waals surface area contributed by atoms with E-state index in [1.165, 1.54) is 15.6 Å². The molecule has 1 aromatic heterocycles. The summed E-state index contributed by atoms with van der Waals surface area (Å²) in [5.74, 6) is 0.231. The van der Waals surface area contributed by atoms with E-state index in [2.05, 4.69) is 0 Å². The first-order valence-electron chi connectivity index (χ1n) is 10.7. The van der Waals surface area contributed by atoms with Gasteiger partial charge in [0.1, 0.15) is 9.96 Å². The zero-order valence-corrected chi connectivity index (χ0v) is 21.6. The molecule has 3 aromatic rings. The van der Waals surface area contributed by atoms with Gasteiger partial charge in [0.15, 0.2) is 6.61 Å². The number of thiophene rings is 1. The van der Waals surface area contributed by atoms with E-state index in [1.54, 1.807) is 20.0 Å². The number of aryl methyl sites for hydroxylation is 3. The average molecular weight is 510 g/mol. The third kappa shape index (κ3) is 6.06. The van der Waals surface area contributed by atoms with Crippen LogP contribution in [0.3, 0.4) is 0 Å². The molecule has 0 aliphatic heterocycles. The molecule has 0 aliphatic rings. The van der Waals surface area contributed by atoms with Crippen LogP contribution in [-0.2, 0) is 26.0 Å². The Balaban J connectivity index is 1.61. The lowest BCUT2D eigenvalue weighted by Gasteiger charge is -2.17. The molecule has 2 aromatic carbocycles. The van der Waals surface area contributed by atoms with Crippen LogP contribution in [0.15, 0.2) is 40.6 Å². The molecule has 0 amide bonds. The molecule has 9 heteroatoms. The quantitative estimate of drug-likeness (QED) is 0.344. The Morgan fingerprint density at radius 2 is 1.91 bits per heavy atom. The fourth-order valence-electron chi connectivity index (χ4n) is 3.55. The molecule has 0 saturated heterocycles. The van der Waals surface area contributed by atoms with Gasteiger partial charge in [-0.1, -0.05) is 23.7 Å². The predicted molar refractivity (Wildman–Crippen MR) is 133 cm³/mol. The highest BCUT2D eigenvalue weighted by atomic mass is 35.5. The van der Waals surface area contributed by atoms with Crippen LogP contribution in [0.5, 0.6) is 5.75 Å². The van der Waals surface area contributed by atoms with Gasteiger partial charge in [-0.3, -0.25) is 0 Å². The molecule has 6 nitrogen and oxygen atoms in total. The van der Waals surface area contributed by atoms with Crippen molar-refractivity contribution in [1.82, 2.24) is 4.31 Å². The first kappa shape index (κ1) is 25.5. The van der Waals surface area contributed by atoms with Gasteiger partial charge in [0, 0.05) is 23.3 Å². The van der Waals surface area contributed by atoms with Gasteiger partial charge in [0.25, 0.3) is 10.0 Å². The molecule has 178 valence electrons. The second-order valence-electron chi connectivity index (χ2n) is 7.78. The smallest absolute Gasteiger partial charge is 0.344 e. The third-order valence-electron chi connectivity index (χ3n) is 5.33. The van der Waals surface area contributed by atoms with E-state index in [0.29, 0.717) is 34.6 Å². The van der Waals surface area contributed by atoms with Crippen molar-refractivity contribution in [3.8, 4) is 5.75 Å². The van der Waals surface area contributed by atoms with Gasteiger partial charge in [0.05, 0.1) is 6.61 Å². The van der Waals surface area contributed by atoms with Crippen LogP contribution < -0.4 is 4.74 Å². The van der Waals surface area contributed by atoms with Gasteiger partial charge in [-0.15, -0.1) is 11.3 Å². The topological polar surface area (TPSA) is 72.9 Å². The first-order chi connectivity index (χ1) is 15.6. The van der Waals surface area contributed by atoms with Crippen molar-refractivity contribution in [3.63, 3.8) is 0 Å². The number of sulfonamides is 1. The third-order valence-corrected chi connectivity index (χ3v) is 9.29. The molecule has 0 atom stereocenters. The second-order valence-corrected chi connectivity index (χ2v) is 11.5. The molecule has 0 radical (unpaired) electrons. The van der Waals surface area contributed by atoms with Crippen LogP contribution in [0.2, 0.25) is 5.02 Å². The highest BCUT2D eigenvalue weighted by Gasteiger charge is 2.26. The highest BCUT2D eigenvalue weighted by molar-refractivity contribution is 7.91. The molecule has 0 spiro atoms. The summed E-state index contributed by atoms with van der Waals surface area (Å²) in [7, 11) is -1.97. The molecule has 0 unspecified atom stereocenters. The maximum atomic E-state index is 13.2. The summed E-state index contributed by atoms with van der Waals surface area (Å²) in [5, 5.41) is 1.47. The van der Waals surface area contributed by atoms with E-state index in [4.69, 9.17) is 21.1 Å². The predicted octanol–water partition coefficient (Wildman–Crippen LogP) is 5.37. The molecule has 3 rings (SSSR count). The van der Waals surface area contributed by atoms with E-state index >= 15 is 0 Å². The van der Waals surface area contributed by atoms with Gasteiger partial charge in [-0.2, -0.15) is 0 Å². The van der Waals surface area contributed by atoms with Crippen LogP contribution in [0.4, 0.5) is 0 Å². The number of carbonyl (C=O) groups is 1. The Labute approximate surface area is 204 Å². The van der Waals surface area contributed by atoms with Crippen molar-refractivity contribution in [1.29, 1.82) is 0 Å². The number of fused-ring (bicyclic) bond motifs is 1. The standard InChI is InChI=1S/C24H28ClNO5S2/c1-5-30-23(27)15-31-21-10-8-18(13-16(21)2)7-6-12-26(4)33(28,29)24-17(3)20-14-19(25)9-11-22(20)32-24/h8-11,13-14H,5-7,12,15H2,1-4H3. The summed E-state index contributed by atoms with van der Waals surface area (Å²) in [6.45, 7) is 6.08. The van der Waals surface area contributed by atoms with Crippen LogP contribution in [-0.4, -0.2) is 45.5 Å². The number of esters is 1. The first-order valence-corrected chi connectivity index (χ1v) is 13.3. The van der Waals surface area contributed by atoms with Gasteiger partial charge >= 0.3 is 5.97 Å². The Morgan fingerprint density at radius 1 is 1.15 bits per heavy atom. The zero-order valence-electron chi connectivity index (χ0n) is 19.2. The molecule has 0 N–H and O–H groups in total. The van der Waals surface area contributed by atoms with Crippen molar-refractivity contribution in [3.05, 3.63) is 58.1 Å². The van der Waals surface area contributed by atoms with E-state index in [-0.39, 0.29) is 6.61 Å². The Bertz CT molecular complexity index is 1250. The molecule has 0 bridgehead atoms. The number of hydrogen-bond acceptors (Lipinski definition) is 6. The van der Waals surface area contributed by atoms with Gasteiger partial charge in [-0.25, -0.2) is 17.5 Å². The monoisotopic (exact) mass is 509 g/mol. The fourth-order valence-corrected chi connectivity index (χ4v) is 6.87. The van der Waals surface area contributed by atoms with Crippen molar-refractivity contribution in [2.45, 2.75) is 37.8 Å². The second kappa shape index (κ2) is 10.9. The summed E-state index contributed by atoms with van der Waals surface area (Å²) in [6.07, 6.45) is 1.40. The van der Waals surface area contributed by atoms with E-state index in [1.807, 2.05) is 44.2 Å². The SMILES string of the molecule is CCOC(=O)COc1ccc(CCCN(C)S(=O)(=O)c2sc3ccc(Cl)cc3c2C)cc1C. The summed E-state index contributed by atoms with van der Waals surface area (Å²) >= 11 is 7.36. The normalized spacial score (nSPS) is 11.8. The van der Waals surface area contributed by atoms with E-state index < -0.39 is 16.0 Å². The summed E-state index contributed by atoms with van der Waals surface area (Å²) < 4.78 is 39.4. The largest absolute Gasteiger partial charge is 0.482 e. The summed E-state index contributed by atoms with van der Waals surface area (Å²) in [4.78, 5) is 11.5. The fraction of sp³-hybridized carbons (Fsp3) is 0.375. The minimum Gasteiger partial charge on any atom is -0.482 e. The average Bonchev–Trinajstić information content (AvgIpc) is 3.10. The van der Waals surface area contributed by atoms with Crippen LogP contribution in [0.25, 0.3) is 10.1 Å². The van der Waals surface area contributed by atoms with E-state index in [0.717, 1.165) is 33.2 Å². The lowest BCUT2D eigenvalue weighted by molar-refractivity contribution is -0.145. The van der Waals surface area contributed by atoms with Gasteiger partial charge in [0.2, 0.25) is 0 Å². The Morgan fingerprint density at radius 3 is 2.61 bits per heavy atom. The van der Waals surface area contributed by atoms with Crippen molar-refractivity contribution in [2.75, 3.05) is 26.8 Å². The molecule has 0 fully saturated rings. The Kier molecular flexibility index (Phi) is 8.39. The number of carbonyl (C=O) groups excluding carboxylic acids is 1. The number of hydrogen-bond donors (Lipinski definition) is 0. The number of halogens is 1. The lowest BCUT2D eigenvalue weighted by Crippen LogP contribution is -2.28. The van der Waals surface area contributed by atoms with Crippen molar-refractivity contribution in [2.24, 2.45) is 0 Å². The molecule has 0 saturated carbocycles. The molecular formula is C24H28ClNO5S2. The maximum absolute atomic E-state index is 13.2. The summed E-state index contributed by atoms with van der Waals surface area (Å²) in [5.41, 5.74) is 2.73. The van der Waals surface area contributed by atoms with Crippen LogP contribution >= 0.6 is 22.9 Å². The van der Waals surface area contributed by atoms with Gasteiger partial charge in [-0.05, 0) is 80.0 Å². The van der Waals surface area contributed by atoms with Crippen molar-refractivity contribution >= 4 is 49.0 Å².